The predicted octanol–water partition coefficient (Wildman–Crippen LogP) is 3.50. The molecule has 4 heterocycles. The Bertz CT molecular complexity index is 1590. The molecule has 13 nitrogen and oxygen atoms in total. The van der Waals surface area contributed by atoms with Gasteiger partial charge < -0.3 is 34.5 Å². The molecule has 1 aromatic carbocycles. The number of benzene rings is 1. The van der Waals surface area contributed by atoms with E-state index in [1.807, 2.05) is 17.5 Å². The molecule has 0 saturated carbocycles. The van der Waals surface area contributed by atoms with E-state index in [0.29, 0.717) is 11.0 Å². The Labute approximate surface area is 245 Å². The number of fused-ring (bicyclic) bond motifs is 1. The minimum atomic E-state index is -4.25. The number of nitrogen functional groups attached to an aromatic ring is 1. The summed E-state index contributed by atoms with van der Waals surface area (Å²) in [7, 11) is -4.25. The van der Waals surface area contributed by atoms with Gasteiger partial charge in [-0.1, -0.05) is 24.3 Å². The summed E-state index contributed by atoms with van der Waals surface area (Å²) in [4.78, 5) is 21.7. The van der Waals surface area contributed by atoms with Crippen LogP contribution in [0, 0.1) is 0 Å². The molecule has 4 aromatic rings. The standard InChI is InChI=1S/C27H32N5O8PS/c1-4-37-26(35)16(2)31-41(36,40-17-9-6-5-7-10-17)38-14-27(3)22(34)21(33)25(39-27)32-13-18(19-11-8-12-42-19)20-23(28)29-15-30-24(20)32/h5-13,15-16,21-22,25,33-34H,4,14H2,1-3H3,(H,31,36)(H2,28,29,30)/t16-,21+,22-,25+,27+,41?/m0/s1. The van der Waals surface area contributed by atoms with Gasteiger partial charge in [0.15, 0.2) is 6.23 Å². The van der Waals surface area contributed by atoms with Crippen LogP contribution in [-0.4, -0.2) is 67.8 Å². The van der Waals surface area contributed by atoms with Crippen molar-refractivity contribution in [2.75, 3.05) is 18.9 Å². The molecular formula is C27H32N5O8PS. The lowest BCUT2D eigenvalue weighted by Crippen LogP contribution is -2.45. The number of ether oxygens (including phenoxy) is 2. The molecule has 0 amide bonds. The van der Waals surface area contributed by atoms with Crippen LogP contribution >= 0.6 is 19.1 Å². The summed E-state index contributed by atoms with van der Waals surface area (Å²) in [6.45, 7) is 4.27. The number of aliphatic hydroxyl groups is 2. The van der Waals surface area contributed by atoms with Crippen LogP contribution in [0.1, 0.15) is 27.0 Å². The first-order chi connectivity index (χ1) is 20.0. The number of hydrogen-bond acceptors (Lipinski definition) is 12. The minimum Gasteiger partial charge on any atom is -0.465 e. The van der Waals surface area contributed by atoms with Crippen molar-refractivity contribution in [2.45, 2.75) is 50.8 Å². The fraction of sp³-hybridized carbons (Fsp3) is 0.370. The number of carbonyl (C=O) groups is 1. The van der Waals surface area contributed by atoms with Crippen molar-refractivity contribution in [3.63, 3.8) is 0 Å². The van der Waals surface area contributed by atoms with Gasteiger partial charge in [0.25, 0.3) is 0 Å². The van der Waals surface area contributed by atoms with E-state index in [2.05, 4.69) is 15.1 Å². The Morgan fingerprint density at radius 1 is 1.26 bits per heavy atom. The molecule has 1 aliphatic rings. The number of anilines is 1. The third-order valence-corrected chi connectivity index (χ3v) is 9.34. The predicted molar refractivity (Wildman–Crippen MR) is 156 cm³/mol. The third-order valence-electron chi connectivity index (χ3n) is 6.81. The van der Waals surface area contributed by atoms with E-state index < -0.39 is 50.4 Å². The van der Waals surface area contributed by atoms with Crippen molar-refractivity contribution < 1.29 is 38.1 Å². The molecule has 15 heteroatoms. The molecule has 5 N–H and O–H groups in total. The molecule has 1 aliphatic heterocycles. The highest BCUT2D eigenvalue weighted by molar-refractivity contribution is 7.52. The SMILES string of the molecule is CCOC(=O)[C@H](C)NP(=O)(OC[C@@]1(C)O[C@@H](n2cc(-c3cccs3)c3c(N)ncnc32)[C@H](O)[C@@H]1O)Oc1ccccc1. The van der Waals surface area contributed by atoms with E-state index >= 15 is 0 Å². The van der Waals surface area contributed by atoms with Crippen LogP contribution < -0.4 is 15.3 Å². The van der Waals surface area contributed by atoms with Gasteiger partial charge in [-0.05, 0) is 44.4 Å². The second kappa shape index (κ2) is 12.1. The Kier molecular flexibility index (Phi) is 8.67. The summed E-state index contributed by atoms with van der Waals surface area (Å²) in [5, 5.41) is 27.4. The zero-order valence-electron chi connectivity index (χ0n) is 23.1. The molecule has 1 saturated heterocycles. The summed E-state index contributed by atoms with van der Waals surface area (Å²) in [6.07, 6.45) is -0.972. The van der Waals surface area contributed by atoms with Crippen molar-refractivity contribution in [1.82, 2.24) is 19.6 Å². The maximum absolute atomic E-state index is 13.9. The number of hydrogen-bond donors (Lipinski definition) is 4. The lowest BCUT2D eigenvalue weighted by molar-refractivity contribution is -0.144. The van der Waals surface area contributed by atoms with Gasteiger partial charge in [-0.3, -0.25) is 9.32 Å². The molecule has 6 atom stereocenters. The largest absolute Gasteiger partial charge is 0.465 e. The monoisotopic (exact) mass is 617 g/mol. The molecular weight excluding hydrogens is 585 g/mol. The van der Waals surface area contributed by atoms with Crippen LogP contribution in [0.3, 0.4) is 0 Å². The van der Waals surface area contributed by atoms with Crippen LogP contribution in [0.2, 0.25) is 0 Å². The van der Waals surface area contributed by atoms with Gasteiger partial charge >= 0.3 is 13.7 Å². The van der Waals surface area contributed by atoms with Gasteiger partial charge in [0.2, 0.25) is 0 Å². The number of rotatable bonds is 11. The summed E-state index contributed by atoms with van der Waals surface area (Å²) in [5.41, 5.74) is 5.79. The van der Waals surface area contributed by atoms with Gasteiger partial charge in [-0.15, -0.1) is 11.3 Å². The zero-order valence-corrected chi connectivity index (χ0v) is 24.8. The number of carbonyl (C=O) groups excluding carboxylic acids is 1. The highest BCUT2D eigenvalue weighted by atomic mass is 32.1. The van der Waals surface area contributed by atoms with E-state index in [-0.39, 0.29) is 18.2 Å². The highest BCUT2D eigenvalue weighted by Gasteiger charge is 2.54. The van der Waals surface area contributed by atoms with Crippen LogP contribution in [0.25, 0.3) is 21.5 Å². The lowest BCUT2D eigenvalue weighted by atomic mass is 9.99. The molecule has 0 spiro atoms. The molecule has 3 aromatic heterocycles. The van der Waals surface area contributed by atoms with Gasteiger partial charge in [0.1, 0.15) is 47.4 Å². The van der Waals surface area contributed by atoms with E-state index in [0.717, 1.165) is 10.4 Å². The van der Waals surface area contributed by atoms with E-state index in [9.17, 15) is 19.6 Å². The average molecular weight is 618 g/mol. The van der Waals surface area contributed by atoms with Crippen LogP contribution in [0.5, 0.6) is 5.75 Å². The summed E-state index contributed by atoms with van der Waals surface area (Å²) in [5.74, 6) is -0.182. The highest BCUT2D eigenvalue weighted by Crippen LogP contribution is 2.48. The second-order valence-corrected chi connectivity index (χ2v) is 12.6. The van der Waals surface area contributed by atoms with Crippen molar-refractivity contribution >= 4 is 41.9 Å². The molecule has 0 aliphatic carbocycles. The van der Waals surface area contributed by atoms with Crippen molar-refractivity contribution in [1.29, 1.82) is 0 Å². The fourth-order valence-electron chi connectivity index (χ4n) is 4.67. The number of para-hydroxylation sites is 1. The second-order valence-electron chi connectivity index (χ2n) is 9.92. The Balaban J connectivity index is 1.42. The third kappa shape index (κ3) is 5.92. The molecule has 1 fully saturated rings. The summed E-state index contributed by atoms with van der Waals surface area (Å²) < 4.78 is 38.1. The van der Waals surface area contributed by atoms with E-state index in [4.69, 9.17) is 24.3 Å². The van der Waals surface area contributed by atoms with Crippen LogP contribution in [0.15, 0.2) is 60.4 Å². The maximum Gasteiger partial charge on any atom is 0.459 e. The van der Waals surface area contributed by atoms with Crippen LogP contribution in [0.4, 0.5) is 5.82 Å². The maximum atomic E-state index is 13.9. The van der Waals surface area contributed by atoms with Crippen molar-refractivity contribution in [3.05, 3.63) is 60.4 Å². The molecule has 0 radical (unpaired) electrons. The molecule has 5 rings (SSSR count). The quantitative estimate of drug-likeness (QED) is 0.142. The first-order valence-electron chi connectivity index (χ1n) is 13.2. The molecule has 0 bridgehead atoms. The Hall–Kier alpha value is -3.36. The van der Waals surface area contributed by atoms with E-state index in [1.54, 1.807) is 48.0 Å². The first-order valence-corrected chi connectivity index (χ1v) is 15.6. The number of aromatic nitrogens is 3. The number of esters is 1. The van der Waals surface area contributed by atoms with Crippen molar-refractivity contribution in [2.24, 2.45) is 0 Å². The number of nitrogens with two attached hydrogens (primary N) is 1. The molecule has 224 valence electrons. The fourth-order valence-corrected chi connectivity index (χ4v) is 7.00. The first kappa shape index (κ1) is 30.1. The van der Waals surface area contributed by atoms with Gasteiger partial charge in [0, 0.05) is 16.6 Å². The van der Waals surface area contributed by atoms with E-state index in [1.165, 1.54) is 31.5 Å². The normalized spacial score (nSPS) is 24.4. The Morgan fingerprint density at radius 3 is 2.71 bits per heavy atom. The zero-order chi connectivity index (χ0) is 30.1. The average Bonchev–Trinajstić information content (AvgIpc) is 3.68. The number of thiophene rings is 1. The smallest absolute Gasteiger partial charge is 0.459 e. The van der Waals surface area contributed by atoms with Gasteiger partial charge in [-0.25, -0.2) is 14.5 Å². The number of nitrogens with zero attached hydrogens (tertiary/aromatic N) is 3. The van der Waals surface area contributed by atoms with Gasteiger partial charge in [-0.2, -0.15) is 5.09 Å². The Morgan fingerprint density at radius 2 is 2.02 bits per heavy atom. The minimum absolute atomic E-state index is 0.131. The summed E-state index contributed by atoms with van der Waals surface area (Å²) >= 11 is 1.50. The number of aliphatic hydroxyl groups excluding tert-OH is 2. The van der Waals surface area contributed by atoms with Crippen LogP contribution in [-0.2, 0) is 23.4 Å². The molecule has 42 heavy (non-hydrogen) atoms. The topological polar surface area (TPSA) is 180 Å². The summed E-state index contributed by atoms with van der Waals surface area (Å²) in [6, 6.07) is 11.0. The molecule has 1 unspecified atom stereocenters. The number of nitrogens with one attached hydrogen (secondary N) is 1. The van der Waals surface area contributed by atoms with Gasteiger partial charge in [0.05, 0.1) is 18.6 Å². The van der Waals surface area contributed by atoms with Crippen molar-refractivity contribution in [3.8, 4) is 16.2 Å². The lowest BCUT2D eigenvalue weighted by Gasteiger charge is -2.30.